The van der Waals surface area contributed by atoms with Gasteiger partial charge in [-0.2, -0.15) is 0 Å². The van der Waals surface area contributed by atoms with Crippen LogP contribution in [0.15, 0.2) is 36.4 Å². The van der Waals surface area contributed by atoms with E-state index in [0.29, 0.717) is 34.9 Å². The summed E-state index contributed by atoms with van der Waals surface area (Å²) in [6.07, 6.45) is 0.337. The van der Waals surface area contributed by atoms with Gasteiger partial charge in [0.1, 0.15) is 17.8 Å². The van der Waals surface area contributed by atoms with Crippen molar-refractivity contribution in [2.75, 3.05) is 25.8 Å². The number of carbonyl (C=O) groups is 3. The fourth-order valence-corrected chi connectivity index (χ4v) is 3.87. The summed E-state index contributed by atoms with van der Waals surface area (Å²) in [6.45, 7) is 3.40. The predicted molar refractivity (Wildman–Crippen MR) is 111 cm³/mol. The Morgan fingerprint density at radius 2 is 1.97 bits per heavy atom. The first-order chi connectivity index (χ1) is 14.9. The lowest BCUT2D eigenvalue weighted by atomic mass is 9.86. The maximum absolute atomic E-state index is 13.3. The average molecular weight is 425 g/mol. The first-order valence-electron chi connectivity index (χ1n) is 9.86. The number of ether oxygens (including phenoxy) is 3. The Hall–Kier alpha value is -3.75. The van der Waals surface area contributed by atoms with Crippen molar-refractivity contribution in [3.05, 3.63) is 47.5 Å². The van der Waals surface area contributed by atoms with Crippen molar-refractivity contribution >= 4 is 23.5 Å². The minimum absolute atomic E-state index is 0.124. The van der Waals surface area contributed by atoms with Gasteiger partial charge in [0.15, 0.2) is 11.5 Å². The number of amides is 4. The number of hydrogen-bond donors (Lipinski definition) is 2. The summed E-state index contributed by atoms with van der Waals surface area (Å²) < 4.78 is 15.8. The molecule has 0 aromatic heterocycles. The summed E-state index contributed by atoms with van der Waals surface area (Å²) in [5.74, 6) is 0.833. The quantitative estimate of drug-likeness (QED) is 0.689. The van der Waals surface area contributed by atoms with E-state index in [1.165, 1.54) is 0 Å². The zero-order chi connectivity index (χ0) is 22.2. The van der Waals surface area contributed by atoms with Gasteiger partial charge in [0.25, 0.3) is 5.91 Å². The molecule has 9 nitrogen and oxygen atoms in total. The maximum Gasteiger partial charge on any atom is 0.325 e. The second-order valence-corrected chi connectivity index (χ2v) is 7.38. The molecule has 31 heavy (non-hydrogen) atoms. The van der Waals surface area contributed by atoms with E-state index in [2.05, 4.69) is 10.6 Å². The molecule has 2 aromatic carbocycles. The predicted octanol–water partition coefficient (Wildman–Crippen LogP) is 2.53. The fraction of sp³-hybridized carbons (Fsp3) is 0.318. The highest BCUT2D eigenvalue weighted by Crippen LogP contribution is 2.36. The Labute approximate surface area is 179 Å². The van der Waals surface area contributed by atoms with Crippen LogP contribution >= 0.6 is 0 Å². The molecule has 1 saturated heterocycles. The highest BCUT2D eigenvalue weighted by atomic mass is 16.7. The molecule has 2 heterocycles. The molecule has 2 aromatic rings. The molecule has 1 atom stereocenters. The van der Waals surface area contributed by atoms with Gasteiger partial charge in [-0.05, 0) is 48.7 Å². The molecule has 2 aliphatic heterocycles. The van der Waals surface area contributed by atoms with Gasteiger partial charge in [0, 0.05) is 11.8 Å². The standard InChI is InChI=1S/C22H23N3O6/c1-4-22(14-5-7-16(29-3)13(2)9-14)20(27)25(21(28)24-22)11-19(26)23-15-6-8-17-18(10-15)31-12-30-17/h5-10H,4,11-12H2,1-3H3,(H,23,26)(H,24,28). The Morgan fingerprint density at radius 3 is 2.68 bits per heavy atom. The van der Waals surface area contributed by atoms with Gasteiger partial charge in [-0.25, -0.2) is 4.79 Å². The van der Waals surface area contributed by atoms with Gasteiger partial charge < -0.3 is 24.8 Å². The van der Waals surface area contributed by atoms with E-state index >= 15 is 0 Å². The lowest BCUT2D eigenvalue weighted by Crippen LogP contribution is -2.44. The second kappa shape index (κ2) is 7.82. The molecule has 0 bridgehead atoms. The molecule has 2 aliphatic rings. The summed E-state index contributed by atoms with van der Waals surface area (Å²) in [6, 6.07) is 9.69. The minimum Gasteiger partial charge on any atom is -0.496 e. The van der Waals surface area contributed by atoms with Crippen molar-refractivity contribution in [1.29, 1.82) is 0 Å². The van der Waals surface area contributed by atoms with Crippen molar-refractivity contribution in [1.82, 2.24) is 10.2 Å². The largest absolute Gasteiger partial charge is 0.496 e. The summed E-state index contributed by atoms with van der Waals surface area (Å²) in [4.78, 5) is 39.4. The zero-order valence-corrected chi connectivity index (χ0v) is 17.5. The number of imide groups is 1. The van der Waals surface area contributed by atoms with Crippen LogP contribution in [0.4, 0.5) is 10.5 Å². The molecule has 1 fully saturated rings. The van der Waals surface area contributed by atoms with E-state index < -0.39 is 29.9 Å². The number of fused-ring (bicyclic) bond motifs is 1. The molecule has 0 radical (unpaired) electrons. The second-order valence-electron chi connectivity index (χ2n) is 7.38. The van der Waals surface area contributed by atoms with Crippen LogP contribution in [0.25, 0.3) is 0 Å². The highest BCUT2D eigenvalue weighted by molar-refractivity contribution is 6.10. The molecule has 1 unspecified atom stereocenters. The van der Waals surface area contributed by atoms with Gasteiger partial charge in [0.05, 0.1) is 7.11 Å². The lowest BCUT2D eigenvalue weighted by molar-refractivity contribution is -0.134. The number of rotatable bonds is 6. The monoisotopic (exact) mass is 425 g/mol. The van der Waals surface area contributed by atoms with E-state index in [1.54, 1.807) is 37.4 Å². The Bertz CT molecular complexity index is 1070. The third-order valence-corrected chi connectivity index (χ3v) is 5.55. The molecule has 4 rings (SSSR count). The van der Waals surface area contributed by atoms with Crippen LogP contribution in [0, 0.1) is 6.92 Å². The van der Waals surface area contributed by atoms with Gasteiger partial charge >= 0.3 is 6.03 Å². The lowest BCUT2D eigenvalue weighted by Gasteiger charge is -2.26. The van der Waals surface area contributed by atoms with E-state index in [1.807, 2.05) is 19.9 Å². The van der Waals surface area contributed by atoms with Crippen LogP contribution in [-0.2, 0) is 15.1 Å². The SMILES string of the molecule is CCC1(c2ccc(OC)c(C)c2)NC(=O)N(CC(=O)Nc2ccc3c(c2)OCO3)C1=O. The van der Waals surface area contributed by atoms with E-state index in [0.717, 1.165) is 10.5 Å². The van der Waals surface area contributed by atoms with Gasteiger partial charge in [0.2, 0.25) is 12.7 Å². The van der Waals surface area contributed by atoms with Crippen molar-refractivity contribution in [2.45, 2.75) is 25.8 Å². The maximum atomic E-state index is 13.3. The normalized spacial score (nSPS) is 19.4. The number of methoxy groups -OCH3 is 1. The number of nitrogens with zero attached hydrogens (tertiary/aromatic N) is 1. The van der Waals surface area contributed by atoms with Crippen molar-refractivity contribution in [2.24, 2.45) is 0 Å². The Morgan fingerprint density at radius 1 is 1.19 bits per heavy atom. The molecular weight excluding hydrogens is 402 g/mol. The number of anilines is 1. The van der Waals surface area contributed by atoms with Crippen molar-refractivity contribution in [3.8, 4) is 17.2 Å². The Kier molecular flexibility index (Phi) is 5.18. The number of urea groups is 1. The van der Waals surface area contributed by atoms with E-state index in [4.69, 9.17) is 14.2 Å². The molecule has 9 heteroatoms. The highest BCUT2D eigenvalue weighted by Gasteiger charge is 2.51. The van der Waals surface area contributed by atoms with Crippen LogP contribution < -0.4 is 24.8 Å². The van der Waals surface area contributed by atoms with Gasteiger partial charge in [-0.15, -0.1) is 0 Å². The molecule has 2 N–H and O–H groups in total. The first kappa shape index (κ1) is 20.5. The topological polar surface area (TPSA) is 106 Å². The average Bonchev–Trinajstić information content (AvgIpc) is 3.31. The first-order valence-corrected chi connectivity index (χ1v) is 9.86. The van der Waals surface area contributed by atoms with Crippen molar-refractivity contribution < 1.29 is 28.6 Å². The number of hydrogen-bond acceptors (Lipinski definition) is 6. The van der Waals surface area contributed by atoms with Crippen LogP contribution in [0.5, 0.6) is 17.2 Å². The summed E-state index contributed by atoms with van der Waals surface area (Å²) in [5.41, 5.74) is 0.737. The number of carbonyl (C=O) groups excluding carboxylic acids is 3. The molecule has 4 amide bonds. The van der Waals surface area contributed by atoms with E-state index in [-0.39, 0.29) is 6.79 Å². The number of aryl methyl sites for hydroxylation is 1. The Balaban J connectivity index is 1.52. The minimum atomic E-state index is -1.23. The third-order valence-electron chi connectivity index (χ3n) is 5.55. The molecule has 0 saturated carbocycles. The van der Waals surface area contributed by atoms with Gasteiger partial charge in [-0.1, -0.05) is 13.0 Å². The fourth-order valence-electron chi connectivity index (χ4n) is 3.87. The molecular formula is C22H23N3O6. The summed E-state index contributed by atoms with van der Waals surface area (Å²) in [7, 11) is 1.57. The number of nitrogens with one attached hydrogen (secondary N) is 2. The van der Waals surface area contributed by atoms with Crippen LogP contribution in [-0.4, -0.2) is 43.2 Å². The van der Waals surface area contributed by atoms with Crippen LogP contribution in [0.1, 0.15) is 24.5 Å². The van der Waals surface area contributed by atoms with Crippen LogP contribution in [0.3, 0.4) is 0 Å². The molecule has 0 aliphatic carbocycles. The third kappa shape index (κ3) is 3.52. The van der Waals surface area contributed by atoms with Crippen molar-refractivity contribution in [3.63, 3.8) is 0 Å². The van der Waals surface area contributed by atoms with E-state index in [9.17, 15) is 14.4 Å². The molecule has 162 valence electrons. The van der Waals surface area contributed by atoms with Crippen LogP contribution in [0.2, 0.25) is 0 Å². The molecule has 0 spiro atoms. The summed E-state index contributed by atoms with van der Waals surface area (Å²) >= 11 is 0. The number of benzene rings is 2. The summed E-state index contributed by atoms with van der Waals surface area (Å²) in [5, 5.41) is 5.47. The van der Waals surface area contributed by atoms with Gasteiger partial charge in [-0.3, -0.25) is 14.5 Å². The zero-order valence-electron chi connectivity index (χ0n) is 17.5. The smallest absolute Gasteiger partial charge is 0.325 e.